The smallest absolute Gasteiger partial charge is 0.261 e. The molecule has 0 aliphatic carbocycles. The molecule has 3 rings (SSSR count). The normalized spacial score (nSPS) is 11.6. The Morgan fingerprint density at radius 1 is 0.973 bits per heavy atom. The zero-order chi connectivity index (χ0) is 26.8. The number of unbranched alkanes of at least 4 members (excludes halogenated alkanes) is 1. The van der Waals surface area contributed by atoms with E-state index in [4.69, 9.17) is 4.74 Å². The number of hydrogen-bond donors (Lipinski definition) is 1. The first-order chi connectivity index (χ1) is 17.8. The van der Waals surface area contributed by atoms with Crippen LogP contribution in [-0.2, 0) is 22.6 Å². The number of halogens is 1. The molecule has 1 N–H and O–H groups in total. The van der Waals surface area contributed by atoms with E-state index in [1.165, 1.54) is 0 Å². The molecule has 1 unspecified atom stereocenters. The van der Waals surface area contributed by atoms with Crippen LogP contribution in [0.3, 0.4) is 0 Å². The molecule has 3 aromatic carbocycles. The van der Waals surface area contributed by atoms with E-state index in [9.17, 15) is 9.59 Å². The molecule has 37 heavy (non-hydrogen) atoms. The van der Waals surface area contributed by atoms with Crippen LogP contribution < -0.4 is 10.1 Å². The van der Waals surface area contributed by atoms with Gasteiger partial charge in [0, 0.05) is 24.0 Å². The van der Waals surface area contributed by atoms with Crippen molar-refractivity contribution in [3.05, 3.63) is 99.0 Å². The lowest BCUT2D eigenvalue weighted by Crippen LogP contribution is -2.51. The van der Waals surface area contributed by atoms with Crippen LogP contribution in [0.1, 0.15) is 47.6 Å². The van der Waals surface area contributed by atoms with E-state index in [1.54, 1.807) is 4.90 Å². The number of aryl methyl sites for hydroxylation is 2. The summed E-state index contributed by atoms with van der Waals surface area (Å²) in [5.74, 6) is 0.319. The molecule has 0 saturated carbocycles. The first-order valence-electron chi connectivity index (χ1n) is 12.8. The van der Waals surface area contributed by atoms with Gasteiger partial charge in [-0.05, 0) is 73.2 Å². The predicted molar refractivity (Wildman–Crippen MR) is 153 cm³/mol. The van der Waals surface area contributed by atoms with Crippen LogP contribution in [-0.4, -0.2) is 35.9 Å². The highest BCUT2D eigenvalue weighted by Gasteiger charge is 2.30. The van der Waals surface area contributed by atoms with Crippen LogP contribution in [0.15, 0.2) is 71.2 Å². The molecule has 196 valence electrons. The van der Waals surface area contributed by atoms with Gasteiger partial charge in [-0.25, -0.2) is 0 Å². The molecule has 0 aliphatic heterocycles. The predicted octanol–water partition coefficient (Wildman–Crippen LogP) is 6.31. The molecule has 0 heterocycles. The summed E-state index contributed by atoms with van der Waals surface area (Å²) in [5.41, 5.74) is 5.15. The largest absolute Gasteiger partial charge is 0.483 e. The van der Waals surface area contributed by atoms with E-state index in [-0.39, 0.29) is 18.4 Å². The first kappa shape index (κ1) is 28.5. The number of hydrogen-bond acceptors (Lipinski definition) is 3. The maximum absolute atomic E-state index is 13.7. The van der Waals surface area contributed by atoms with Crippen LogP contribution in [0.4, 0.5) is 0 Å². The average molecular weight is 566 g/mol. The Labute approximate surface area is 229 Å². The lowest BCUT2D eigenvalue weighted by atomic mass is 10.0. The van der Waals surface area contributed by atoms with Crippen molar-refractivity contribution in [2.24, 2.45) is 0 Å². The standard InChI is InChI=1S/C31H37BrN2O3/c1-5-6-16-33-31(36)28(19-25-10-8-7-9-11-25)34(20-26-12-14-27(32)15-13-26)30(35)21-37-29-18-22(2)17-23(3)24(29)4/h7-15,17-18,28H,5-6,16,19-21H2,1-4H3,(H,33,36). The summed E-state index contributed by atoms with van der Waals surface area (Å²) in [6.45, 7) is 8.87. The zero-order valence-electron chi connectivity index (χ0n) is 22.2. The summed E-state index contributed by atoms with van der Waals surface area (Å²) in [6, 6.07) is 21.0. The van der Waals surface area contributed by atoms with Gasteiger partial charge in [-0.2, -0.15) is 0 Å². The average Bonchev–Trinajstić information content (AvgIpc) is 2.89. The lowest BCUT2D eigenvalue weighted by Gasteiger charge is -2.31. The molecular formula is C31H37BrN2O3. The molecular weight excluding hydrogens is 528 g/mol. The van der Waals surface area contributed by atoms with Crippen LogP contribution in [0.5, 0.6) is 5.75 Å². The number of nitrogens with one attached hydrogen (secondary N) is 1. The molecule has 0 bridgehead atoms. The van der Waals surface area contributed by atoms with Crippen molar-refractivity contribution in [3.8, 4) is 5.75 Å². The number of amides is 2. The zero-order valence-corrected chi connectivity index (χ0v) is 23.8. The summed E-state index contributed by atoms with van der Waals surface area (Å²) in [5, 5.41) is 3.05. The molecule has 0 radical (unpaired) electrons. The molecule has 0 fully saturated rings. The van der Waals surface area contributed by atoms with Gasteiger partial charge in [-0.1, -0.05) is 77.8 Å². The van der Waals surface area contributed by atoms with Crippen molar-refractivity contribution in [3.63, 3.8) is 0 Å². The minimum atomic E-state index is -0.667. The Morgan fingerprint density at radius 2 is 1.68 bits per heavy atom. The van der Waals surface area contributed by atoms with Gasteiger partial charge in [0.05, 0.1) is 0 Å². The van der Waals surface area contributed by atoms with Crippen LogP contribution in [0.2, 0.25) is 0 Å². The third-order valence-electron chi connectivity index (χ3n) is 6.48. The number of nitrogens with zero attached hydrogens (tertiary/aromatic N) is 1. The van der Waals surface area contributed by atoms with E-state index in [0.717, 1.165) is 45.1 Å². The second-order valence-corrected chi connectivity index (χ2v) is 10.4. The third-order valence-corrected chi connectivity index (χ3v) is 7.01. The number of carbonyl (C=O) groups is 2. The maximum atomic E-state index is 13.7. The number of carbonyl (C=O) groups excluding carboxylic acids is 2. The van der Waals surface area contributed by atoms with Crippen LogP contribution >= 0.6 is 15.9 Å². The highest BCUT2D eigenvalue weighted by molar-refractivity contribution is 9.10. The Kier molecular flexibility index (Phi) is 10.8. The van der Waals surface area contributed by atoms with Crippen molar-refractivity contribution in [1.82, 2.24) is 10.2 Å². The Hall–Kier alpha value is -3.12. The number of rotatable bonds is 12. The van der Waals surface area contributed by atoms with Gasteiger partial charge >= 0.3 is 0 Å². The molecule has 2 amide bonds. The first-order valence-corrected chi connectivity index (χ1v) is 13.6. The fourth-order valence-electron chi connectivity index (χ4n) is 4.22. The highest BCUT2D eigenvalue weighted by atomic mass is 79.9. The molecule has 0 aliphatic rings. The van der Waals surface area contributed by atoms with Crippen molar-refractivity contribution in [2.45, 2.75) is 59.5 Å². The molecule has 6 heteroatoms. The van der Waals surface area contributed by atoms with Gasteiger partial charge < -0.3 is 15.0 Å². The number of ether oxygens (including phenoxy) is 1. The van der Waals surface area contributed by atoms with Crippen molar-refractivity contribution in [1.29, 1.82) is 0 Å². The molecule has 0 aromatic heterocycles. The van der Waals surface area contributed by atoms with Gasteiger partial charge in [0.25, 0.3) is 5.91 Å². The monoisotopic (exact) mass is 564 g/mol. The Bertz CT molecular complexity index is 1180. The number of benzene rings is 3. The summed E-state index contributed by atoms with van der Waals surface area (Å²) >= 11 is 3.48. The summed E-state index contributed by atoms with van der Waals surface area (Å²) in [4.78, 5) is 28.9. The van der Waals surface area contributed by atoms with Crippen molar-refractivity contribution < 1.29 is 14.3 Å². The fourth-order valence-corrected chi connectivity index (χ4v) is 4.48. The van der Waals surface area contributed by atoms with E-state index in [1.807, 2.05) is 81.4 Å². The molecule has 0 saturated heterocycles. The van der Waals surface area contributed by atoms with E-state index >= 15 is 0 Å². The highest BCUT2D eigenvalue weighted by Crippen LogP contribution is 2.24. The Morgan fingerprint density at radius 3 is 2.35 bits per heavy atom. The molecule has 5 nitrogen and oxygen atoms in total. The fraction of sp³-hybridized carbons (Fsp3) is 0.355. The van der Waals surface area contributed by atoms with Crippen molar-refractivity contribution >= 4 is 27.7 Å². The summed E-state index contributed by atoms with van der Waals surface area (Å²) in [7, 11) is 0. The van der Waals surface area contributed by atoms with Gasteiger partial charge in [0.2, 0.25) is 5.91 Å². The third kappa shape index (κ3) is 8.46. The van der Waals surface area contributed by atoms with Gasteiger partial charge in [-0.3, -0.25) is 9.59 Å². The minimum Gasteiger partial charge on any atom is -0.483 e. The lowest BCUT2D eigenvalue weighted by molar-refractivity contribution is -0.142. The van der Waals surface area contributed by atoms with Gasteiger partial charge in [0.1, 0.15) is 11.8 Å². The minimum absolute atomic E-state index is 0.145. The van der Waals surface area contributed by atoms with E-state index < -0.39 is 6.04 Å². The summed E-state index contributed by atoms with van der Waals surface area (Å²) < 4.78 is 7.01. The van der Waals surface area contributed by atoms with E-state index in [2.05, 4.69) is 34.2 Å². The Balaban J connectivity index is 1.91. The van der Waals surface area contributed by atoms with Gasteiger partial charge in [0.15, 0.2) is 6.61 Å². The van der Waals surface area contributed by atoms with Crippen LogP contribution in [0, 0.1) is 20.8 Å². The second kappa shape index (κ2) is 14.0. The quantitative estimate of drug-likeness (QED) is 0.262. The molecule has 1 atom stereocenters. The second-order valence-electron chi connectivity index (χ2n) is 9.49. The maximum Gasteiger partial charge on any atom is 0.261 e. The van der Waals surface area contributed by atoms with Gasteiger partial charge in [-0.15, -0.1) is 0 Å². The van der Waals surface area contributed by atoms with Crippen molar-refractivity contribution in [2.75, 3.05) is 13.2 Å². The SMILES string of the molecule is CCCCNC(=O)C(Cc1ccccc1)N(Cc1ccc(Br)cc1)C(=O)COc1cc(C)cc(C)c1C. The summed E-state index contributed by atoms with van der Waals surface area (Å²) in [6.07, 6.45) is 2.29. The topological polar surface area (TPSA) is 58.6 Å². The molecule has 3 aromatic rings. The van der Waals surface area contributed by atoms with Crippen LogP contribution in [0.25, 0.3) is 0 Å². The molecule has 0 spiro atoms. The van der Waals surface area contributed by atoms with E-state index in [0.29, 0.717) is 25.3 Å².